The quantitative estimate of drug-likeness (QED) is 0.855. The minimum Gasteiger partial charge on any atom is -0.493 e. The minimum atomic E-state index is -1.17. The van der Waals surface area contributed by atoms with Gasteiger partial charge in [0.25, 0.3) is 0 Å². The average molecular weight is 309 g/mol. The van der Waals surface area contributed by atoms with Crippen LogP contribution in [0.2, 0.25) is 5.15 Å². The molecule has 7 heteroatoms. The van der Waals surface area contributed by atoms with Gasteiger partial charge in [0.05, 0.1) is 13.7 Å². The van der Waals surface area contributed by atoms with Crippen molar-refractivity contribution in [1.29, 1.82) is 0 Å². The predicted molar refractivity (Wildman–Crippen MR) is 77.2 cm³/mol. The topological polar surface area (TPSA) is 81.5 Å². The Balaban J connectivity index is 2.49. The van der Waals surface area contributed by atoms with Gasteiger partial charge in [-0.2, -0.15) is 0 Å². The summed E-state index contributed by atoms with van der Waals surface area (Å²) in [5, 5.41) is 9.06. The van der Waals surface area contributed by atoms with Gasteiger partial charge >= 0.3 is 5.97 Å². The van der Waals surface area contributed by atoms with Crippen LogP contribution in [0.15, 0.2) is 24.3 Å². The van der Waals surface area contributed by atoms with Crippen molar-refractivity contribution in [1.82, 2.24) is 9.97 Å². The second kappa shape index (κ2) is 6.41. The molecule has 0 unspecified atom stereocenters. The van der Waals surface area contributed by atoms with Crippen molar-refractivity contribution < 1.29 is 19.4 Å². The number of rotatable bonds is 5. The molecule has 2 aromatic rings. The Bertz CT molecular complexity index is 676. The van der Waals surface area contributed by atoms with E-state index < -0.39 is 5.97 Å². The molecule has 110 valence electrons. The number of hydrogen-bond donors (Lipinski definition) is 1. The first-order valence-corrected chi connectivity index (χ1v) is 6.52. The molecule has 0 aliphatic rings. The van der Waals surface area contributed by atoms with Gasteiger partial charge in [-0.15, -0.1) is 0 Å². The van der Waals surface area contributed by atoms with Crippen LogP contribution in [-0.2, 0) is 0 Å². The molecular weight excluding hydrogens is 296 g/mol. The highest BCUT2D eigenvalue weighted by atomic mass is 35.5. The Morgan fingerprint density at radius 2 is 2.05 bits per heavy atom. The van der Waals surface area contributed by atoms with Crippen LogP contribution in [0.1, 0.15) is 17.4 Å². The normalized spacial score (nSPS) is 10.2. The number of carbonyl (C=O) groups is 1. The Hall–Kier alpha value is -2.34. The van der Waals surface area contributed by atoms with Gasteiger partial charge in [0, 0.05) is 11.6 Å². The third-order valence-electron chi connectivity index (χ3n) is 2.64. The van der Waals surface area contributed by atoms with E-state index in [9.17, 15) is 4.79 Å². The summed E-state index contributed by atoms with van der Waals surface area (Å²) in [5.41, 5.74) is 0.415. The van der Waals surface area contributed by atoms with Gasteiger partial charge in [0.1, 0.15) is 5.15 Å². The fourth-order valence-corrected chi connectivity index (χ4v) is 1.92. The summed E-state index contributed by atoms with van der Waals surface area (Å²) in [7, 11) is 1.52. The molecule has 0 amide bonds. The fraction of sp³-hybridized carbons (Fsp3) is 0.214. The summed E-state index contributed by atoms with van der Waals surface area (Å²) in [6, 6.07) is 6.29. The highest BCUT2D eigenvalue weighted by Gasteiger charge is 2.13. The van der Waals surface area contributed by atoms with Crippen molar-refractivity contribution in [3.05, 3.63) is 35.1 Å². The smallest absolute Gasteiger partial charge is 0.354 e. The highest BCUT2D eigenvalue weighted by Crippen LogP contribution is 2.31. The van der Waals surface area contributed by atoms with Crippen LogP contribution in [0.4, 0.5) is 0 Å². The minimum absolute atomic E-state index is 0.0604. The van der Waals surface area contributed by atoms with E-state index in [2.05, 4.69) is 9.97 Å². The van der Waals surface area contributed by atoms with E-state index in [1.807, 2.05) is 6.92 Å². The maximum Gasteiger partial charge on any atom is 0.354 e. The molecule has 0 saturated heterocycles. The number of carboxylic acids is 1. The summed E-state index contributed by atoms with van der Waals surface area (Å²) in [6.45, 7) is 2.37. The lowest BCUT2D eigenvalue weighted by Gasteiger charge is -2.10. The van der Waals surface area contributed by atoms with Gasteiger partial charge in [-0.05, 0) is 25.1 Å². The molecule has 1 aromatic heterocycles. The first-order valence-electron chi connectivity index (χ1n) is 6.14. The molecule has 21 heavy (non-hydrogen) atoms. The van der Waals surface area contributed by atoms with Crippen LogP contribution in [0.3, 0.4) is 0 Å². The Kier molecular flexibility index (Phi) is 4.59. The van der Waals surface area contributed by atoms with Crippen LogP contribution in [0, 0.1) is 0 Å². The molecule has 0 atom stereocenters. The van der Waals surface area contributed by atoms with Gasteiger partial charge in [0.2, 0.25) is 0 Å². The van der Waals surface area contributed by atoms with Crippen molar-refractivity contribution in [3.63, 3.8) is 0 Å². The van der Waals surface area contributed by atoms with E-state index in [1.54, 1.807) is 18.2 Å². The van der Waals surface area contributed by atoms with Crippen molar-refractivity contribution in [3.8, 4) is 22.9 Å². The molecule has 0 aliphatic carbocycles. The predicted octanol–water partition coefficient (Wildman–Crippen LogP) is 2.90. The molecular formula is C14H13ClN2O4. The molecule has 6 nitrogen and oxygen atoms in total. The van der Waals surface area contributed by atoms with Crippen LogP contribution in [0.25, 0.3) is 11.4 Å². The number of carboxylic acid groups (broad SMARTS) is 1. The highest BCUT2D eigenvalue weighted by molar-refractivity contribution is 6.29. The third kappa shape index (κ3) is 3.41. The van der Waals surface area contributed by atoms with E-state index in [0.717, 1.165) is 0 Å². The van der Waals surface area contributed by atoms with Gasteiger partial charge < -0.3 is 14.6 Å². The van der Waals surface area contributed by atoms with E-state index in [4.69, 9.17) is 26.2 Å². The lowest BCUT2D eigenvalue weighted by molar-refractivity contribution is 0.0690. The van der Waals surface area contributed by atoms with E-state index >= 15 is 0 Å². The number of nitrogens with zero attached hydrogens (tertiary/aromatic N) is 2. The Labute approximate surface area is 126 Å². The number of benzene rings is 1. The molecule has 2 rings (SSSR count). The third-order valence-corrected chi connectivity index (χ3v) is 2.83. The monoisotopic (exact) mass is 308 g/mol. The first kappa shape index (κ1) is 15.1. The van der Waals surface area contributed by atoms with Crippen molar-refractivity contribution in [2.24, 2.45) is 0 Å². The first-order chi connectivity index (χ1) is 10.0. The standard InChI is InChI=1S/C14H13ClN2O4/c1-3-21-10-5-4-8(6-11(10)20-2)13-16-9(14(18)19)7-12(15)17-13/h4-7H,3H2,1-2H3,(H,18,19). The number of ether oxygens (including phenoxy) is 2. The van der Waals surface area contributed by atoms with Crippen molar-refractivity contribution in [2.75, 3.05) is 13.7 Å². The Morgan fingerprint density at radius 3 is 2.67 bits per heavy atom. The summed E-state index contributed by atoms with van der Waals surface area (Å²) in [6.07, 6.45) is 0. The Morgan fingerprint density at radius 1 is 1.29 bits per heavy atom. The van der Waals surface area contributed by atoms with Crippen LogP contribution < -0.4 is 9.47 Å². The molecule has 0 radical (unpaired) electrons. The molecule has 0 fully saturated rings. The summed E-state index contributed by atoms with van der Waals surface area (Å²) in [4.78, 5) is 19.0. The second-order valence-corrected chi connectivity index (χ2v) is 4.39. The van der Waals surface area contributed by atoms with Crippen molar-refractivity contribution in [2.45, 2.75) is 6.92 Å². The lowest BCUT2D eigenvalue weighted by Crippen LogP contribution is -2.03. The van der Waals surface area contributed by atoms with Crippen LogP contribution in [0.5, 0.6) is 11.5 Å². The number of methoxy groups -OCH3 is 1. The maximum absolute atomic E-state index is 11.0. The van der Waals surface area contributed by atoms with Crippen molar-refractivity contribution >= 4 is 17.6 Å². The van der Waals surface area contributed by atoms with E-state index in [0.29, 0.717) is 23.7 Å². The summed E-state index contributed by atoms with van der Waals surface area (Å²) in [5.74, 6) is 0.138. The maximum atomic E-state index is 11.0. The van der Waals surface area contributed by atoms with Crippen LogP contribution in [-0.4, -0.2) is 34.8 Å². The molecule has 1 N–H and O–H groups in total. The lowest BCUT2D eigenvalue weighted by atomic mass is 10.2. The van der Waals surface area contributed by atoms with E-state index in [-0.39, 0.29) is 16.7 Å². The zero-order valence-corrected chi connectivity index (χ0v) is 12.2. The second-order valence-electron chi connectivity index (χ2n) is 4.00. The average Bonchev–Trinajstić information content (AvgIpc) is 2.47. The van der Waals surface area contributed by atoms with Gasteiger partial charge in [-0.3, -0.25) is 0 Å². The summed E-state index contributed by atoms with van der Waals surface area (Å²) >= 11 is 5.83. The molecule has 1 heterocycles. The van der Waals surface area contributed by atoms with Crippen LogP contribution >= 0.6 is 11.6 Å². The molecule has 0 spiro atoms. The van der Waals surface area contributed by atoms with Gasteiger partial charge in [0.15, 0.2) is 23.0 Å². The number of aromatic carboxylic acids is 1. The molecule has 0 saturated carbocycles. The summed E-state index contributed by atoms with van der Waals surface area (Å²) < 4.78 is 10.7. The zero-order chi connectivity index (χ0) is 15.4. The van der Waals surface area contributed by atoms with Gasteiger partial charge in [-0.25, -0.2) is 14.8 Å². The molecule has 0 bridgehead atoms. The number of aromatic nitrogens is 2. The molecule has 0 aliphatic heterocycles. The van der Waals surface area contributed by atoms with E-state index in [1.165, 1.54) is 13.2 Å². The number of hydrogen-bond acceptors (Lipinski definition) is 5. The fourth-order valence-electron chi connectivity index (χ4n) is 1.74. The number of halogens is 1. The van der Waals surface area contributed by atoms with Gasteiger partial charge in [-0.1, -0.05) is 11.6 Å². The SMILES string of the molecule is CCOc1ccc(-c2nc(Cl)cc(C(=O)O)n2)cc1OC. The largest absolute Gasteiger partial charge is 0.493 e. The molecule has 1 aromatic carbocycles. The zero-order valence-electron chi connectivity index (χ0n) is 11.5.